The van der Waals surface area contributed by atoms with Gasteiger partial charge in [0.1, 0.15) is 23.7 Å². The number of imide groups is 2. The molecule has 0 aromatic heterocycles. The van der Waals surface area contributed by atoms with Gasteiger partial charge in [-0.3, -0.25) is 19.8 Å². The lowest BCUT2D eigenvalue weighted by molar-refractivity contribution is -0.129. The Kier molecular flexibility index (Phi) is 5.64. The number of para-hydroxylation sites is 1. The molecule has 1 heterocycles. The average molecular weight is 380 g/mol. The van der Waals surface area contributed by atoms with Gasteiger partial charge in [-0.15, -0.1) is 6.58 Å². The molecule has 1 fully saturated rings. The van der Waals surface area contributed by atoms with Gasteiger partial charge in [-0.25, -0.2) is 9.18 Å². The Labute approximate surface area is 160 Å². The first-order valence-corrected chi connectivity index (χ1v) is 8.45. The van der Waals surface area contributed by atoms with Crippen molar-refractivity contribution < 1.29 is 23.5 Å². The monoisotopic (exact) mass is 380 g/mol. The molecular formula is C21H17FN2O4. The van der Waals surface area contributed by atoms with Crippen molar-refractivity contribution in [3.05, 3.63) is 83.7 Å². The summed E-state index contributed by atoms with van der Waals surface area (Å²) in [6.45, 7) is 3.67. The molecule has 0 bridgehead atoms. The van der Waals surface area contributed by atoms with Gasteiger partial charge in [0.2, 0.25) is 0 Å². The van der Waals surface area contributed by atoms with E-state index in [9.17, 15) is 18.8 Å². The summed E-state index contributed by atoms with van der Waals surface area (Å²) in [7, 11) is 0. The zero-order valence-electron chi connectivity index (χ0n) is 14.9. The van der Waals surface area contributed by atoms with Gasteiger partial charge in [-0.05, 0) is 29.8 Å². The minimum atomic E-state index is -0.784. The highest BCUT2D eigenvalue weighted by molar-refractivity contribution is 6.31. The molecule has 3 rings (SSSR count). The second-order valence-corrected chi connectivity index (χ2v) is 5.97. The Balaban J connectivity index is 1.86. The van der Waals surface area contributed by atoms with Crippen molar-refractivity contribution in [1.82, 2.24) is 10.2 Å². The predicted molar refractivity (Wildman–Crippen MR) is 101 cm³/mol. The summed E-state index contributed by atoms with van der Waals surface area (Å²) in [6.07, 6.45) is 2.77. The summed E-state index contributed by atoms with van der Waals surface area (Å²) in [5.74, 6) is -1.38. The first-order valence-electron chi connectivity index (χ1n) is 8.45. The van der Waals surface area contributed by atoms with Gasteiger partial charge in [0, 0.05) is 12.1 Å². The van der Waals surface area contributed by atoms with Crippen LogP contribution in [-0.2, 0) is 16.2 Å². The predicted octanol–water partition coefficient (Wildman–Crippen LogP) is 3.05. The maximum Gasteiger partial charge on any atom is 0.331 e. The molecule has 0 saturated carbocycles. The number of barbiturate groups is 1. The number of carbonyl (C=O) groups is 3. The second kappa shape index (κ2) is 8.30. The number of rotatable bonds is 6. The minimum absolute atomic E-state index is 0.0159. The molecule has 2 aromatic rings. The normalized spacial score (nSPS) is 15.5. The molecule has 1 aliphatic heterocycles. The fraction of sp³-hybridized carbons (Fsp3) is 0.0952. The lowest BCUT2D eigenvalue weighted by atomic mass is 10.1. The first kappa shape index (κ1) is 19.0. The van der Waals surface area contributed by atoms with Crippen LogP contribution in [0, 0.1) is 5.82 Å². The standard InChI is InChI=1S/C21H17FN2O4/c1-2-11-24-20(26)17(19(25)23-21(24)27)12-15-5-3-4-6-18(15)28-13-14-7-9-16(22)10-8-14/h2-10,12H,1,11,13H2,(H,23,25,27). The van der Waals surface area contributed by atoms with E-state index in [1.807, 2.05) is 0 Å². The summed E-state index contributed by atoms with van der Waals surface area (Å²) >= 11 is 0. The molecule has 7 heteroatoms. The van der Waals surface area contributed by atoms with Gasteiger partial charge < -0.3 is 4.74 Å². The van der Waals surface area contributed by atoms with Crippen molar-refractivity contribution in [3.63, 3.8) is 0 Å². The highest BCUT2D eigenvalue weighted by atomic mass is 19.1. The number of halogens is 1. The number of carbonyl (C=O) groups excluding carboxylic acids is 3. The van der Waals surface area contributed by atoms with E-state index in [0.717, 1.165) is 10.5 Å². The van der Waals surface area contributed by atoms with Crippen LogP contribution in [0.4, 0.5) is 9.18 Å². The summed E-state index contributed by atoms with van der Waals surface area (Å²) in [4.78, 5) is 37.3. The zero-order valence-corrected chi connectivity index (χ0v) is 14.9. The van der Waals surface area contributed by atoms with E-state index in [1.165, 1.54) is 24.3 Å². The van der Waals surface area contributed by atoms with E-state index in [0.29, 0.717) is 11.3 Å². The summed E-state index contributed by atoms with van der Waals surface area (Å²) in [6, 6.07) is 11.9. The van der Waals surface area contributed by atoms with Crippen LogP contribution >= 0.6 is 0 Å². The van der Waals surface area contributed by atoms with Crippen LogP contribution < -0.4 is 10.1 Å². The number of ether oxygens (including phenoxy) is 1. The van der Waals surface area contributed by atoms with Gasteiger partial charge >= 0.3 is 6.03 Å². The lowest BCUT2D eigenvalue weighted by Gasteiger charge is -2.25. The summed E-state index contributed by atoms with van der Waals surface area (Å²) in [5, 5.41) is 2.13. The van der Waals surface area contributed by atoms with Crippen LogP contribution in [0.1, 0.15) is 11.1 Å². The Bertz CT molecular complexity index is 967. The van der Waals surface area contributed by atoms with Crippen LogP contribution in [0.15, 0.2) is 66.8 Å². The van der Waals surface area contributed by atoms with Gasteiger partial charge in [-0.2, -0.15) is 0 Å². The molecule has 0 aliphatic carbocycles. The third kappa shape index (κ3) is 4.15. The molecule has 0 unspecified atom stereocenters. The van der Waals surface area contributed by atoms with Crippen molar-refractivity contribution >= 4 is 23.9 Å². The Morgan fingerprint density at radius 1 is 1.07 bits per heavy atom. The van der Waals surface area contributed by atoms with Gasteiger partial charge in [-0.1, -0.05) is 36.4 Å². The summed E-state index contributed by atoms with van der Waals surface area (Å²) in [5.41, 5.74) is 1.08. The SMILES string of the molecule is C=CCN1C(=O)NC(=O)C(=Cc2ccccc2OCc2ccc(F)cc2)C1=O. The zero-order chi connectivity index (χ0) is 20.1. The van der Waals surface area contributed by atoms with Crippen molar-refractivity contribution in [2.24, 2.45) is 0 Å². The van der Waals surface area contributed by atoms with E-state index in [4.69, 9.17) is 4.74 Å². The number of benzene rings is 2. The van der Waals surface area contributed by atoms with E-state index < -0.39 is 17.8 Å². The van der Waals surface area contributed by atoms with Gasteiger partial charge in [0.25, 0.3) is 11.8 Å². The fourth-order valence-corrected chi connectivity index (χ4v) is 2.62. The average Bonchev–Trinajstić information content (AvgIpc) is 2.69. The molecule has 0 atom stereocenters. The molecule has 6 nitrogen and oxygen atoms in total. The van der Waals surface area contributed by atoms with Crippen molar-refractivity contribution in [2.45, 2.75) is 6.61 Å². The van der Waals surface area contributed by atoms with E-state index in [-0.39, 0.29) is 24.5 Å². The molecule has 1 aliphatic rings. The molecule has 0 spiro atoms. The molecule has 4 amide bonds. The van der Waals surface area contributed by atoms with Crippen LogP contribution in [0.25, 0.3) is 6.08 Å². The smallest absolute Gasteiger partial charge is 0.331 e. The molecule has 1 N–H and O–H groups in total. The molecule has 2 aromatic carbocycles. The fourth-order valence-electron chi connectivity index (χ4n) is 2.62. The van der Waals surface area contributed by atoms with Crippen LogP contribution in [0.5, 0.6) is 5.75 Å². The van der Waals surface area contributed by atoms with Crippen molar-refractivity contribution in [3.8, 4) is 5.75 Å². The van der Waals surface area contributed by atoms with Gasteiger partial charge in [0.15, 0.2) is 0 Å². The number of nitrogens with one attached hydrogen (secondary N) is 1. The van der Waals surface area contributed by atoms with Crippen LogP contribution in [0.2, 0.25) is 0 Å². The number of urea groups is 1. The number of hydrogen-bond acceptors (Lipinski definition) is 4. The molecular weight excluding hydrogens is 363 g/mol. The quantitative estimate of drug-likeness (QED) is 0.475. The van der Waals surface area contributed by atoms with E-state index >= 15 is 0 Å². The highest BCUT2D eigenvalue weighted by Gasteiger charge is 2.35. The molecule has 1 saturated heterocycles. The van der Waals surface area contributed by atoms with Crippen molar-refractivity contribution in [1.29, 1.82) is 0 Å². The number of amides is 4. The Morgan fingerprint density at radius 3 is 2.50 bits per heavy atom. The third-order valence-electron chi connectivity index (χ3n) is 4.02. The second-order valence-electron chi connectivity index (χ2n) is 5.97. The lowest BCUT2D eigenvalue weighted by Crippen LogP contribution is -2.54. The van der Waals surface area contributed by atoms with Crippen LogP contribution in [0.3, 0.4) is 0 Å². The van der Waals surface area contributed by atoms with Crippen molar-refractivity contribution in [2.75, 3.05) is 6.54 Å². The maximum absolute atomic E-state index is 13.0. The van der Waals surface area contributed by atoms with Gasteiger partial charge in [0.05, 0.1) is 0 Å². The molecule has 28 heavy (non-hydrogen) atoms. The molecule has 142 valence electrons. The third-order valence-corrected chi connectivity index (χ3v) is 4.02. The topological polar surface area (TPSA) is 75.7 Å². The number of hydrogen-bond donors (Lipinski definition) is 1. The largest absolute Gasteiger partial charge is 0.488 e. The first-order chi connectivity index (χ1) is 13.5. The number of nitrogens with zero attached hydrogens (tertiary/aromatic N) is 1. The maximum atomic E-state index is 13.0. The van der Waals surface area contributed by atoms with E-state index in [1.54, 1.807) is 36.4 Å². The Morgan fingerprint density at radius 2 is 1.79 bits per heavy atom. The van der Waals surface area contributed by atoms with E-state index in [2.05, 4.69) is 11.9 Å². The Hall–Kier alpha value is -3.74. The van der Waals surface area contributed by atoms with Crippen LogP contribution in [-0.4, -0.2) is 29.3 Å². The molecule has 0 radical (unpaired) electrons. The summed E-state index contributed by atoms with van der Waals surface area (Å²) < 4.78 is 18.8. The minimum Gasteiger partial charge on any atom is -0.488 e. The highest BCUT2D eigenvalue weighted by Crippen LogP contribution is 2.24.